The number of hydrogen-bond acceptors (Lipinski definition) is 4. The number of carbonyl (C=O) groups is 3. The van der Waals surface area contributed by atoms with Crippen LogP contribution >= 0.6 is 0 Å². The molecule has 0 fully saturated rings. The van der Waals surface area contributed by atoms with E-state index in [1.54, 1.807) is 13.8 Å². The molecule has 0 heterocycles. The molecule has 98 valence electrons. The second kappa shape index (κ2) is 8.69. The Morgan fingerprint density at radius 3 is 2.41 bits per heavy atom. The number of aliphatic carboxylic acids is 1. The summed E-state index contributed by atoms with van der Waals surface area (Å²) in [6.07, 6.45) is 0.308. The summed E-state index contributed by atoms with van der Waals surface area (Å²) in [4.78, 5) is 32.9. The SMILES string of the molecule is CCOC[C@H](CCC(=O)O)NC(=O)C(=O)CC. The van der Waals surface area contributed by atoms with Gasteiger partial charge in [0.25, 0.3) is 5.91 Å². The maximum Gasteiger partial charge on any atom is 0.303 e. The van der Waals surface area contributed by atoms with Crippen molar-refractivity contribution in [3.8, 4) is 0 Å². The first-order chi connectivity index (χ1) is 8.01. The average Bonchev–Trinajstić information content (AvgIpc) is 2.31. The zero-order chi connectivity index (χ0) is 13.3. The van der Waals surface area contributed by atoms with E-state index >= 15 is 0 Å². The fourth-order valence-electron chi connectivity index (χ4n) is 1.18. The number of carboxylic acids is 1. The van der Waals surface area contributed by atoms with E-state index in [0.29, 0.717) is 6.61 Å². The standard InChI is InChI=1S/C11H19NO5/c1-3-9(13)11(16)12-8(7-17-4-2)5-6-10(14)15/h8H,3-7H2,1-2H3,(H,12,16)(H,14,15)/t8-/m0/s1. The lowest BCUT2D eigenvalue weighted by Gasteiger charge is -2.17. The van der Waals surface area contributed by atoms with Crippen molar-refractivity contribution in [2.45, 2.75) is 39.2 Å². The van der Waals surface area contributed by atoms with Gasteiger partial charge in [-0.2, -0.15) is 0 Å². The van der Waals surface area contributed by atoms with Crippen LogP contribution in [0.1, 0.15) is 33.1 Å². The molecule has 0 aromatic rings. The fraction of sp³-hybridized carbons (Fsp3) is 0.727. The summed E-state index contributed by atoms with van der Waals surface area (Å²) >= 11 is 0. The molecule has 0 bridgehead atoms. The molecule has 0 aliphatic heterocycles. The first-order valence-corrected chi connectivity index (χ1v) is 5.64. The topological polar surface area (TPSA) is 92.7 Å². The lowest BCUT2D eigenvalue weighted by Crippen LogP contribution is -2.42. The molecular weight excluding hydrogens is 226 g/mol. The van der Waals surface area contributed by atoms with Crippen molar-refractivity contribution in [3.63, 3.8) is 0 Å². The monoisotopic (exact) mass is 245 g/mol. The summed E-state index contributed by atoms with van der Waals surface area (Å²) in [5.41, 5.74) is 0. The molecule has 0 aromatic heterocycles. The molecule has 0 rings (SSSR count). The van der Waals surface area contributed by atoms with Gasteiger partial charge in [0.2, 0.25) is 5.78 Å². The smallest absolute Gasteiger partial charge is 0.303 e. The third kappa shape index (κ3) is 7.46. The maximum absolute atomic E-state index is 11.3. The highest BCUT2D eigenvalue weighted by Gasteiger charge is 2.17. The highest BCUT2D eigenvalue weighted by molar-refractivity contribution is 6.36. The van der Waals surface area contributed by atoms with E-state index in [0.717, 1.165) is 0 Å². The number of nitrogens with one attached hydrogen (secondary N) is 1. The Balaban J connectivity index is 4.21. The molecule has 0 aliphatic rings. The Kier molecular flexibility index (Phi) is 7.96. The number of Topliss-reactive ketones (excluding diaryl/α,β-unsaturated/α-hetero) is 1. The molecule has 2 N–H and O–H groups in total. The van der Waals surface area contributed by atoms with Crippen LogP contribution in [0.15, 0.2) is 0 Å². The van der Waals surface area contributed by atoms with Crippen molar-refractivity contribution < 1.29 is 24.2 Å². The van der Waals surface area contributed by atoms with Crippen LogP contribution in [0.2, 0.25) is 0 Å². The molecule has 0 unspecified atom stereocenters. The van der Waals surface area contributed by atoms with E-state index in [2.05, 4.69) is 5.32 Å². The summed E-state index contributed by atoms with van der Waals surface area (Å²) in [7, 11) is 0. The highest BCUT2D eigenvalue weighted by atomic mass is 16.5. The zero-order valence-electron chi connectivity index (χ0n) is 10.2. The van der Waals surface area contributed by atoms with Crippen LogP contribution in [0.3, 0.4) is 0 Å². The third-order valence-electron chi connectivity index (χ3n) is 2.14. The Hall–Kier alpha value is -1.43. The minimum Gasteiger partial charge on any atom is -0.481 e. The van der Waals surface area contributed by atoms with Gasteiger partial charge in [-0.1, -0.05) is 6.92 Å². The van der Waals surface area contributed by atoms with Crippen molar-refractivity contribution >= 4 is 17.7 Å². The molecule has 0 saturated carbocycles. The highest BCUT2D eigenvalue weighted by Crippen LogP contribution is 1.99. The van der Waals surface area contributed by atoms with E-state index < -0.39 is 23.7 Å². The van der Waals surface area contributed by atoms with Crippen molar-refractivity contribution in [1.82, 2.24) is 5.32 Å². The molecule has 0 radical (unpaired) electrons. The van der Waals surface area contributed by atoms with Gasteiger partial charge in [-0.05, 0) is 13.3 Å². The Bertz CT molecular complexity index is 277. The summed E-state index contributed by atoms with van der Waals surface area (Å²) < 4.78 is 5.12. The lowest BCUT2D eigenvalue weighted by molar-refractivity contribution is -0.139. The van der Waals surface area contributed by atoms with Crippen molar-refractivity contribution in [2.75, 3.05) is 13.2 Å². The van der Waals surface area contributed by atoms with Crippen LogP contribution in [-0.4, -0.2) is 42.0 Å². The largest absolute Gasteiger partial charge is 0.481 e. The van der Waals surface area contributed by atoms with Gasteiger partial charge in [-0.25, -0.2) is 0 Å². The molecule has 0 aliphatic carbocycles. The summed E-state index contributed by atoms with van der Waals surface area (Å²) in [6, 6.07) is -0.436. The van der Waals surface area contributed by atoms with E-state index in [1.165, 1.54) is 0 Å². The molecule has 0 saturated heterocycles. The van der Waals surface area contributed by atoms with Gasteiger partial charge in [0, 0.05) is 19.4 Å². The van der Waals surface area contributed by atoms with Gasteiger partial charge >= 0.3 is 5.97 Å². The number of amides is 1. The molecule has 6 heteroatoms. The first kappa shape index (κ1) is 15.6. The quantitative estimate of drug-likeness (QED) is 0.572. The average molecular weight is 245 g/mol. The molecule has 6 nitrogen and oxygen atoms in total. The number of carbonyl (C=O) groups excluding carboxylic acids is 2. The van der Waals surface area contributed by atoms with Crippen LogP contribution in [0, 0.1) is 0 Å². The minimum atomic E-state index is -0.942. The van der Waals surface area contributed by atoms with Crippen LogP contribution in [0.5, 0.6) is 0 Å². The minimum absolute atomic E-state index is 0.0711. The molecule has 1 amide bonds. The molecule has 0 aromatic carbocycles. The van der Waals surface area contributed by atoms with E-state index in [-0.39, 0.29) is 25.9 Å². The number of rotatable bonds is 9. The summed E-state index contributed by atoms with van der Waals surface area (Å²) in [5, 5.41) is 11.0. The number of carboxylic acid groups (broad SMARTS) is 1. The Labute approximate surface area is 100 Å². The van der Waals surface area contributed by atoms with Gasteiger partial charge in [0.15, 0.2) is 0 Å². The van der Waals surface area contributed by atoms with Crippen LogP contribution in [-0.2, 0) is 19.1 Å². The molecule has 0 spiro atoms. The van der Waals surface area contributed by atoms with E-state index in [9.17, 15) is 14.4 Å². The van der Waals surface area contributed by atoms with Crippen LogP contribution < -0.4 is 5.32 Å². The van der Waals surface area contributed by atoms with Crippen molar-refractivity contribution in [3.05, 3.63) is 0 Å². The van der Waals surface area contributed by atoms with Crippen molar-refractivity contribution in [2.24, 2.45) is 0 Å². The number of ketones is 1. The lowest BCUT2D eigenvalue weighted by atomic mass is 10.1. The van der Waals surface area contributed by atoms with Crippen molar-refractivity contribution in [1.29, 1.82) is 0 Å². The van der Waals surface area contributed by atoms with Gasteiger partial charge in [0.1, 0.15) is 0 Å². The van der Waals surface area contributed by atoms with Crippen LogP contribution in [0.4, 0.5) is 0 Å². The number of hydrogen-bond donors (Lipinski definition) is 2. The fourth-order valence-corrected chi connectivity index (χ4v) is 1.18. The summed E-state index contributed by atoms with van der Waals surface area (Å²) in [6.45, 7) is 4.08. The predicted molar refractivity (Wildman–Crippen MR) is 60.6 cm³/mol. The predicted octanol–water partition coefficient (Wildman–Crippen LogP) is 0.352. The first-order valence-electron chi connectivity index (χ1n) is 5.64. The Morgan fingerprint density at radius 1 is 1.29 bits per heavy atom. The van der Waals surface area contributed by atoms with Gasteiger partial charge < -0.3 is 15.2 Å². The van der Waals surface area contributed by atoms with E-state index in [4.69, 9.17) is 9.84 Å². The normalized spacial score (nSPS) is 11.9. The van der Waals surface area contributed by atoms with E-state index in [1.807, 2.05) is 0 Å². The van der Waals surface area contributed by atoms with Crippen LogP contribution in [0.25, 0.3) is 0 Å². The second-order valence-electron chi connectivity index (χ2n) is 3.54. The summed E-state index contributed by atoms with van der Waals surface area (Å²) in [5.74, 6) is -2.13. The number of ether oxygens (including phenoxy) is 1. The maximum atomic E-state index is 11.3. The Morgan fingerprint density at radius 2 is 1.94 bits per heavy atom. The van der Waals surface area contributed by atoms with Gasteiger partial charge in [-0.15, -0.1) is 0 Å². The zero-order valence-corrected chi connectivity index (χ0v) is 10.2. The molecule has 1 atom stereocenters. The van der Waals surface area contributed by atoms with Gasteiger partial charge in [-0.3, -0.25) is 14.4 Å². The second-order valence-corrected chi connectivity index (χ2v) is 3.54. The third-order valence-corrected chi connectivity index (χ3v) is 2.14. The van der Waals surface area contributed by atoms with Gasteiger partial charge in [0.05, 0.1) is 12.6 Å². The molecular formula is C11H19NO5. The molecule has 17 heavy (non-hydrogen) atoms.